The summed E-state index contributed by atoms with van der Waals surface area (Å²) < 4.78 is 14.5. The van der Waals surface area contributed by atoms with Crippen molar-refractivity contribution < 1.29 is 19.1 Å². The van der Waals surface area contributed by atoms with E-state index in [0.29, 0.717) is 5.69 Å². The van der Waals surface area contributed by atoms with Gasteiger partial charge < -0.3 is 5.11 Å². The summed E-state index contributed by atoms with van der Waals surface area (Å²) in [5, 5.41) is 10.8. The first kappa shape index (κ1) is 18.4. The van der Waals surface area contributed by atoms with Crippen molar-refractivity contribution in [2.24, 2.45) is 0 Å². The molecule has 0 radical (unpaired) electrons. The van der Waals surface area contributed by atoms with E-state index >= 15 is 0 Å². The van der Waals surface area contributed by atoms with Crippen molar-refractivity contribution in [3.63, 3.8) is 0 Å². The van der Waals surface area contributed by atoms with Crippen LogP contribution < -0.4 is 4.90 Å². The fourth-order valence-corrected chi connectivity index (χ4v) is 3.27. The lowest BCUT2D eigenvalue weighted by atomic mass is 9.94. The number of hydrogen-bond acceptors (Lipinski definition) is 3. The van der Waals surface area contributed by atoms with Crippen molar-refractivity contribution in [1.82, 2.24) is 0 Å². The first-order chi connectivity index (χ1) is 12.4. The Balaban J connectivity index is 2.23. The molecule has 2 aromatic carbocycles. The number of rotatable bonds is 4. The second-order valence-electron chi connectivity index (χ2n) is 5.74. The van der Waals surface area contributed by atoms with E-state index in [1.807, 2.05) is 0 Å². The van der Waals surface area contributed by atoms with E-state index < -0.39 is 29.3 Å². The van der Waals surface area contributed by atoms with Gasteiger partial charge in [0.2, 0.25) is 0 Å². The quantitative estimate of drug-likeness (QED) is 0.793. The van der Waals surface area contributed by atoms with E-state index in [1.54, 1.807) is 13.0 Å². The molecule has 3 rings (SSSR count). The Labute approximate surface area is 159 Å². The number of Topliss-reactive ketones (excluding diaryl/α,β-unsaturated/α-hetero) is 1. The second kappa shape index (κ2) is 7.09. The maximum atomic E-state index is 14.5. The van der Waals surface area contributed by atoms with Crippen LogP contribution in [0.25, 0.3) is 0 Å². The molecule has 2 aromatic rings. The summed E-state index contributed by atoms with van der Waals surface area (Å²) in [4.78, 5) is 26.2. The van der Waals surface area contributed by atoms with E-state index in [0.717, 1.165) is 4.90 Å². The van der Waals surface area contributed by atoms with E-state index in [2.05, 4.69) is 0 Å². The monoisotopic (exact) mass is 393 g/mol. The zero-order valence-electron chi connectivity index (χ0n) is 13.7. The number of aliphatic hydroxyl groups is 1. The maximum absolute atomic E-state index is 14.5. The molecule has 0 fully saturated rings. The number of amides is 1. The van der Waals surface area contributed by atoms with Crippen LogP contribution in [0, 0.1) is 5.82 Å². The van der Waals surface area contributed by atoms with Crippen molar-refractivity contribution in [3.8, 4) is 0 Å². The van der Waals surface area contributed by atoms with Gasteiger partial charge in [-0.2, -0.15) is 0 Å². The average Bonchev–Trinajstić information content (AvgIpc) is 2.88. The number of halogens is 3. The highest BCUT2D eigenvalue weighted by Gasteiger charge is 2.44. The minimum Gasteiger partial charge on any atom is -0.503 e. The van der Waals surface area contributed by atoms with Crippen LogP contribution >= 0.6 is 23.2 Å². The van der Waals surface area contributed by atoms with Gasteiger partial charge in [0.05, 0.1) is 21.7 Å². The number of benzene rings is 2. The second-order valence-corrected chi connectivity index (χ2v) is 6.55. The number of anilines is 1. The summed E-state index contributed by atoms with van der Waals surface area (Å²) in [5.41, 5.74) is 0.268. The molecule has 0 saturated heterocycles. The SMILES string of the molecule is CCC(=O)C1=C(O)C(=O)N(c2ccc(Cl)c(Cl)c2)C1c1ccccc1F. The van der Waals surface area contributed by atoms with Crippen molar-refractivity contribution in [1.29, 1.82) is 0 Å². The van der Waals surface area contributed by atoms with Crippen LogP contribution in [0.3, 0.4) is 0 Å². The highest BCUT2D eigenvalue weighted by atomic mass is 35.5. The smallest absolute Gasteiger partial charge is 0.294 e. The number of aliphatic hydroxyl groups excluding tert-OH is 1. The van der Waals surface area contributed by atoms with Crippen LogP contribution in [0.15, 0.2) is 53.8 Å². The summed E-state index contributed by atoms with van der Waals surface area (Å²) in [7, 11) is 0. The molecule has 0 spiro atoms. The Morgan fingerprint density at radius 2 is 1.88 bits per heavy atom. The van der Waals surface area contributed by atoms with Gasteiger partial charge in [0.25, 0.3) is 5.91 Å². The summed E-state index contributed by atoms with van der Waals surface area (Å²) in [6, 6.07) is 9.16. The van der Waals surface area contributed by atoms with E-state index in [-0.39, 0.29) is 27.6 Å². The van der Waals surface area contributed by atoms with Gasteiger partial charge in [-0.1, -0.05) is 48.3 Å². The molecule has 26 heavy (non-hydrogen) atoms. The molecule has 1 unspecified atom stereocenters. The molecule has 0 aromatic heterocycles. The zero-order chi connectivity index (χ0) is 19.0. The molecule has 0 aliphatic carbocycles. The lowest BCUT2D eigenvalue weighted by Crippen LogP contribution is -2.31. The van der Waals surface area contributed by atoms with E-state index in [4.69, 9.17) is 23.2 Å². The van der Waals surface area contributed by atoms with Gasteiger partial charge in [0.15, 0.2) is 11.5 Å². The van der Waals surface area contributed by atoms with Gasteiger partial charge in [0.1, 0.15) is 5.82 Å². The third-order valence-electron chi connectivity index (χ3n) is 4.21. The van der Waals surface area contributed by atoms with Crippen molar-refractivity contribution >= 4 is 40.6 Å². The van der Waals surface area contributed by atoms with Gasteiger partial charge in [-0.05, 0) is 24.3 Å². The molecule has 1 N–H and O–H groups in total. The van der Waals surface area contributed by atoms with Crippen LogP contribution in [0.4, 0.5) is 10.1 Å². The summed E-state index contributed by atoms with van der Waals surface area (Å²) in [6.07, 6.45) is 0.0623. The van der Waals surface area contributed by atoms with E-state index in [1.165, 1.54) is 36.4 Å². The number of hydrogen-bond donors (Lipinski definition) is 1. The third kappa shape index (κ3) is 2.97. The molecule has 1 amide bonds. The first-order valence-corrected chi connectivity index (χ1v) is 8.61. The molecule has 4 nitrogen and oxygen atoms in total. The molecule has 1 heterocycles. The Hall–Kier alpha value is -2.37. The third-order valence-corrected chi connectivity index (χ3v) is 4.95. The Morgan fingerprint density at radius 3 is 2.50 bits per heavy atom. The predicted octanol–water partition coefficient (Wildman–Crippen LogP) is 5.01. The van der Waals surface area contributed by atoms with Crippen molar-refractivity contribution in [3.05, 3.63) is 75.2 Å². The molecule has 1 aliphatic rings. The van der Waals surface area contributed by atoms with Gasteiger partial charge in [-0.3, -0.25) is 14.5 Å². The number of ketones is 1. The Kier molecular flexibility index (Phi) is 5.03. The Morgan fingerprint density at radius 1 is 1.19 bits per heavy atom. The molecule has 0 saturated carbocycles. The first-order valence-electron chi connectivity index (χ1n) is 7.86. The molecule has 1 atom stereocenters. The maximum Gasteiger partial charge on any atom is 0.294 e. The van der Waals surface area contributed by atoms with Crippen molar-refractivity contribution in [2.45, 2.75) is 19.4 Å². The largest absolute Gasteiger partial charge is 0.503 e. The van der Waals surface area contributed by atoms with Gasteiger partial charge in [-0.25, -0.2) is 4.39 Å². The fraction of sp³-hybridized carbons (Fsp3) is 0.158. The molecular formula is C19H14Cl2FNO3. The average molecular weight is 394 g/mol. The van der Waals surface area contributed by atoms with Gasteiger partial charge in [-0.15, -0.1) is 0 Å². The minimum absolute atomic E-state index is 0.0623. The minimum atomic E-state index is -1.09. The molecule has 0 bridgehead atoms. The zero-order valence-corrected chi connectivity index (χ0v) is 15.2. The van der Waals surface area contributed by atoms with Crippen LogP contribution in [0.2, 0.25) is 10.0 Å². The van der Waals surface area contributed by atoms with Crippen LogP contribution in [-0.2, 0) is 9.59 Å². The molecule has 1 aliphatic heterocycles. The van der Waals surface area contributed by atoms with Crippen LogP contribution in [0.1, 0.15) is 24.9 Å². The summed E-state index contributed by atoms with van der Waals surface area (Å²) in [5.74, 6) is -2.51. The van der Waals surface area contributed by atoms with E-state index in [9.17, 15) is 19.1 Å². The lowest BCUT2D eigenvalue weighted by molar-refractivity contribution is -0.118. The highest BCUT2D eigenvalue weighted by Crippen LogP contribution is 2.43. The molecular weight excluding hydrogens is 380 g/mol. The number of carbonyl (C=O) groups excluding carboxylic acids is 2. The topological polar surface area (TPSA) is 57.6 Å². The van der Waals surface area contributed by atoms with Gasteiger partial charge in [0, 0.05) is 17.7 Å². The van der Waals surface area contributed by atoms with Crippen LogP contribution in [0.5, 0.6) is 0 Å². The van der Waals surface area contributed by atoms with Crippen LogP contribution in [-0.4, -0.2) is 16.8 Å². The molecule has 7 heteroatoms. The summed E-state index contributed by atoms with van der Waals surface area (Å²) in [6.45, 7) is 1.60. The number of nitrogens with zero attached hydrogens (tertiary/aromatic N) is 1. The fourth-order valence-electron chi connectivity index (χ4n) is 2.97. The standard InChI is InChI=1S/C19H14Cl2FNO3/c1-2-15(24)16-17(11-5-3-4-6-14(11)22)23(19(26)18(16)25)10-7-8-12(20)13(21)9-10/h3-9,17,25H,2H2,1H3. The highest BCUT2D eigenvalue weighted by molar-refractivity contribution is 6.42. The summed E-state index contributed by atoms with van der Waals surface area (Å²) >= 11 is 12.0. The van der Waals surface area contributed by atoms with Crippen molar-refractivity contribution in [2.75, 3.05) is 4.90 Å². The lowest BCUT2D eigenvalue weighted by Gasteiger charge is -2.27. The van der Waals surface area contributed by atoms with Gasteiger partial charge >= 0.3 is 0 Å². The molecule has 134 valence electrons. The predicted molar refractivity (Wildman–Crippen MR) is 98.0 cm³/mol. The Bertz CT molecular complexity index is 942. The number of carbonyl (C=O) groups is 2. The normalized spacial score (nSPS) is 17.2.